The van der Waals surface area contributed by atoms with Crippen molar-refractivity contribution in [3.63, 3.8) is 0 Å². The van der Waals surface area contributed by atoms with E-state index in [1.165, 1.54) is 12.5 Å². The number of nitrogens with one attached hydrogen (secondary N) is 1. The fourth-order valence-corrected chi connectivity index (χ4v) is 0.835. The highest BCUT2D eigenvalue weighted by atomic mass is 16.1. The molecule has 0 atom stereocenters. The van der Waals surface area contributed by atoms with Crippen molar-refractivity contribution in [2.24, 2.45) is 0 Å². The van der Waals surface area contributed by atoms with Gasteiger partial charge in [0.2, 0.25) is 0 Å². The second kappa shape index (κ2) is 5.23. The summed E-state index contributed by atoms with van der Waals surface area (Å²) in [6.07, 6.45) is 2.68. The van der Waals surface area contributed by atoms with Crippen LogP contribution in [0.1, 0.15) is 10.5 Å². The Bertz CT molecular complexity index is 287. The van der Waals surface area contributed by atoms with E-state index in [9.17, 15) is 4.79 Å². The Morgan fingerprint density at radius 2 is 2.36 bits per heavy atom. The van der Waals surface area contributed by atoms with Crippen LogP contribution in [0.15, 0.2) is 12.5 Å². The summed E-state index contributed by atoms with van der Waals surface area (Å²) in [5, 5.41) is 9.86. The van der Waals surface area contributed by atoms with E-state index in [1.54, 1.807) is 0 Å². The quantitative estimate of drug-likeness (QED) is 0.678. The highest BCUT2D eigenvalue weighted by Crippen LogP contribution is 1.86. The number of carbonyl (C=O) groups is 1. The maximum absolute atomic E-state index is 11.4. The van der Waals surface area contributed by atoms with Crippen molar-refractivity contribution < 1.29 is 4.79 Å². The van der Waals surface area contributed by atoms with Crippen LogP contribution in [0.25, 0.3) is 0 Å². The van der Waals surface area contributed by atoms with Gasteiger partial charge in [-0.05, 0) is 14.1 Å². The Kier molecular flexibility index (Phi) is 3.93. The monoisotopic (exact) mass is 195 g/mol. The maximum Gasteiger partial charge on any atom is 0.273 e. The van der Waals surface area contributed by atoms with Gasteiger partial charge in [-0.15, -0.1) is 10.2 Å². The zero-order valence-corrected chi connectivity index (χ0v) is 8.27. The molecule has 76 valence electrons. The van der Waals surface area contributed by atoms with Gasteiger partial charge in [0.1, 0.15) is 6.33 Å². The molecule has 1 aromatic heterocycles. The number of amides is 1. The molecule has 1 amide bonds. The van der Waals surface area contributed by atoms with Gasteiger partial charge in [0, 0.05) is 13.1 Å². The lowest BCUT2D eigenvalue weighted by atomic mass is 10.4. The molecule has 0 bridgehead atoms. The van der Waals surface area contributed by atoms with E-state index in [2.05, 4.69) is 20.5 Å². The Hall–Kier alpha value is -1.56. The Morgan fingerprint density at radius 1 is 1.57 bits per heavy atom. The first-order valence-electron chi connectivity index (χ1n) is 4.26. The molecule has 0 aliphatic heterocycles. The number of carbonyl (C=O) groups excluding carboxylic acids is 1. The molecule has 0 unspecified atom stereocenters. The molecule has 1 rings (SSSR count). The standard InChI is InChI=1S/C8H13N5O/c1-13(2)4-3-10-8(14)7-5-9-6-11-12-7/h5-6H,3-4H2,1-2H3,(H,10,14). The third kappa shape index (κ3) is 3.44. The second-order valence-electron chi connectivity index (χ2n) is 3.05. The topological polar surface area (TPSA) is 71.0 Å². The van der Waals surface area contributed by atoms with Crippen molar-refractivity contribution in [1.29, 1.82) is 0 Å². The molecule has 0 saturated heterocycles. The molecule has 1 N–H and O–H groups in total. The molecule has 14 heavy (non-hydrogen) atoms. The molecule has 0 aliphatic rings. The van der Waals surface area contributed by atoms with Crippen LogP contribution in [0, 0.1) is 0 Å². The van der Waals surface area contributed by atoms with Gasteiger partial charge in [-0.25, -0.2) is 4.98 Å². The smallest absolute Gasteiger partial charge is 0.273 e. The average molecular weight is 195 g/mol. The number of rotatable bonds is 4. The number of hydrogen-bond acceptors (Lipinski definition) is 5. The van der Waals surface area contributed by atoms with E-state index in [0.717, 1.165) is 6.54 Å². The van der Waals surface area contributed by atoms with E-state index < -0.39 is 0 Å². The molecular weight excluding hydrogens is 182 g/mol. The Labute approximate surface area is 82.4 Å². The number of likely N-dealkylation sites (N-methyl/N-ethyl adjacent to an activating group) is 1. The molecule has 0 aromatic carbocycles. The molecule has 0 aliphatic carbocycles. The highest BCUT2D eigenvalue weighted by Gasteiger charge is 2.05. The Balaban J connectivity index is 2.36. The minimum absolute atomic E-state index is 0.242. The summed E-state index contributed by atoms with van der Waals surface area (Å²) in [4.78, 5) is 17.0. The lowest BCUT2D eigenvalue weighted by Gasteiger charge is -2.09. The number of nitrogens with zero attached hydrogens (tertiary/aromatic N) is 4. The van der Waals surface area contributed by atoms with E-state index in [1.807, 2.05) is 19.0 Å². The van der Waals surface area contributed by atoms with Crippen molar-refractivity contribution in [3.05, 3.63) is 18.2 Å². The predicted octanol–water partition coefficient (Wildman–Crippen LogP) is -0.837. The molecular formula is C8H13N5O. The van der Waals surface area contributed by atoms with Crippen LogP contribution in [-0.2, 0) is 0 Å². The summed E-state index contributed by atoms with van der Waals surface area (Å²) in [6, 6.07) is 0. The first-order valence-corrected chi connectivity index (χ1v) is 4.26. The highest BCUT2D eigenvalue weighted by molar-refractivity contribution is 5.91. The van der Waals surface area contributed by atoms with E-state index >= 15 is 0 Å². The van der Waals surface area contributed by atoms with Crippen molar-refractivity contribution in [2.45, 2.75) is 0 Å². The van der Waals surface area contributed by atoms with Crippen molar-refractivity contribution in [3.8, 4) is 0 Å². The zero-order chi connectivity index (χ0) is 10.4. The summed E-state index contributed by atoms with van der Waals surface area (Å²) < 4.78 is 0. The van der Waals surface area contributed by atoms with Gasteiger partial charge >= 0.3 is 0 Å². The molecule has 1 aromatic rings. The molecule has 1 heterocycles. The molecule has 0 radical (unpaired) electrons. The summed E-state index contributed by atoms with van der Waals surface area (Å²) >= 11 is 0. The third-order valence-corrected chi connectivity index (χ3v) is 1.56. The van der Waals surface area contributed by atoms with Crippen LogP contribution in [-0.4, -0.2) is 53.2 Å². The average Bonchev–Trinajstić information content (AvgIpc) is 2.18. The van der Waals surface area contributed by atoms with Crippen molar-refractivity contribution in [1.82, 2.24) is 25.4 Å². The van der Waals surface area contributed by atoms with E-state index in [0.29, 0.717) is 6.54 Å². The lowest BCUT2D eigenvalue weighted by molar-refractivity contribution is 0.0944. The first-order chi connectivity index (χ1) is 6.70. The fraction of sp³-hybridized carbons (Fsp3) is 0.500. The predicted molar refractivity (Wildman–Crippen MR) is 50.7 cm³/mol. The van der Waals surface area contributed by atoms with Gasteiger partial charge in [-0.2, -0.15) is 0 Å². The number of aromatic nitrogens is 3. The van der Waals surface area contributed by atoms with E-state index in [4.69, 9.17) is 0 Å². The summed E-state index contributed by atoms with van der Waals surface area (Å²) in [7, 11) is 3.88. The van der Waals surface area contributed by atoms with Crippen LogP contribution in [0.5, 0.6) is 0 Å². The van der Waals surface area contributed by atoms with Crippen molar-refractivity contribution >= 4 is 5.91 Å². The SMILES string of the molecule is CN(C)CCNC(=O)c1cncnn1. The summed E-state index contributed by atoms with van der Waals surface area (Å²) in [6.45, 7) is 1.38. The molecule has 6 nitrogen and oxygen atoms in total. The fourth-order valence-electron chi connectivity index (χ4n) is 0.835. The molecule has 0 fully saturated rings. The van der Waals surface area contributed by atoms with Gasteiger partial charge in [-0.1, -0.05) is 0 Å². The van der Waals surface area contributed by atoms with Gasteiger partial charge in [-0.3, -0.25) is 4.79 Å². The van der Waals surface area contributed by atoms with Crippen LogP contribution in [0.2, 0.25) is 0 Å². The molecule has 0 spiro atoms. The number of hydrogen-bond donors (Lipinski definition) is 1. The minimum atomic E-state index is -0.243. The van der Waals surface area contributed by atoms with Crippen LogP contribution >= 0.6 is 0 Å². The third-order valence-electron chi connectivity index (χ3n) is 1.56. The molecule has 6 heteroatoms. The van der Waals surface area contributed by atoms with Gasteiger partial charge in [0.25, 0.3) is 5.91 Å². The van der Waals surface area contributed by atoms with Gasteiger partial charge in [0.15, 0.2) is 5.69 Å². The van der Waals surface area contributed by atoms with Gasteiger partial charge < -0.3 is 10.2 Å². The summed E-state index contributed by atoms with van der Waals surface area (Å²) in [5.74, 6) is -0.243. The largest absolute Gasteiger partial charge is 0.349 e. The molecule has 0 saturated carbocycles. The summed E-state index contributed by atoms with van der Waals surface area (Å²) in [5.41, 5.74) is 0.242. The second-order valence-corrected chi connectivity index (χ2v) is 3.05. The van der Waals surface area contributed by atoms with Crippen LogP contribution in [0.4, 0.5) is 0 Å². The van der Waals surface area contributed by atoms with Crippen LogP contribution in [0.3, 0.4) is 0 Å². The van der Waals surface area contributed by atoms with E-state index in [-0.39, 0.29) is 11.6 Å². The minimum Gasteiger partial charge on any atom is -0.349 e. The first kappa shape index (κ1) is 10.5. The zero-order valence-electron chi connectivity index (χ0n) is 8.27. The Morgan fingerprint density at radius 3 is 2.93 bits per heavy atom. The maximum atomic E-state index is 11.4. The van der Waals surface area contributed by atoms with Crippen molar-refractivity contribution in [2.75, 3.05) is 27.2 Å². The van der Waals surface area contributed by atoms with Gasteiger partial charge in [0.05, 0.1) is 6.20 Å². The lowest BCUT2D eigenvalue weighted by Crippen LogP contribution is -2.31. The van der Waals surface area contributed by atoms with Crippen LogP contribution < -0.4 is 5.32 Å². The normalized spacial score (nSPS) is 10.2.